The van der Waals surface area contributed by atoms with Gasteiger partial charge in [-0.05, 0) is 42.4 Å². The summed E-state index contributed by atoms with van der Waals surface area (Å²) in [6, 6.07) is 7.22. The Morgan fingerprint density at radius 1 is 1.29 bits per heavy atom. The van der Waals surface area contributed by atoms with Crippen molar-refractivity contribution in [2.24, 2.45) is 5.41 Å². The first-order valence-electron chi connectivity index (χ1n) is 6.35. The number of hydrogen-bond donors (Lipinski definition) is 1. The van der Waals surface area contributed by atoms with Crippen LogP contribution in [0.15, 0.2) is 18.2 Å². The lowest BCUT2D eigenvalue weighted by Gasteiger charge is -2.49. The molecule has 0 saturated heterocycles. The lowest BCUT2D eigenvalue weighted by molar-refractivity contribution is 0.115. The predicted octanol–water partition coefficient (Wildman–Crippen LogP) is 3.80. The molecular weight excluding hydrogens is 230 g/mol. The van der Waals surface area contributed by atoms with Crippen LogP contribution in [0.25, 0.3) is 0 Å². The molecule has 0 spiro atoms. The maximum Gasteiger partial charge on any atom is 0.0416 e. The van der Waals surface area contributed by atoms with Gasteiger partial charge >= 0.3 is 0 Å². The van der Waals surface area contributed by atoms with Crippen molar-refractivity contribution in [3.63, 3.8) is 0 Å². The first-order valence-corrected chi connectivity index (χ1v) is 6.78. The summed E-state index contributed by atoms with van der Waals surface area (Å²) >= 11 is 6.22. The Hall–Kier alpha value is -0.530. The molecule has 0 heterocycles. The van der Waals surface area contributed by atoms with E-state index in [0.717, 1.165) is 13.0 Å². The van der Waals surface area contributed by atoms with Crippen molar-refractivity contribution >= 4 is 11.6 Å². The number of halogens is 1. The van der Waals surface area contributed by atoms with Crippen LogP contribution in [0.3, 0.4) is 0 Å². The highest BCUT2D eigenvalue weighted by Crippen LogP contribution is 2.44. The number of hydrogen-bond acceptors (Lipinski definition) is 1. The van der Waals surface area contributed by atoms with Gasteiger partial charge in [-0.3, -0.25) is 0 Å². The minimum absolute atomic E-state index is 0.224. The lowest BCUT2D eigenvalue weighted by atomic mass is 9.67. The van der Waals surface area contributed by atoms with Crippen molar-refractivity contribution in [2.45, 2.75) is 52.1 Å². The van der Waals surface area contributed by atoms with E-state index in [2.05, 4.69) is 51.2 Å². The molecule has 1 aromatic rings. The predicted molar refractivity (Wildman–Crippen MR) is 74.6 cm³/mol. The van der Waals surface area contributed by atoms with Gasteiger partial charge in [0.1, 0.15) is 0 Å². The quantitative estimate of drug-likeness (QED) is 0.806. The van der Waals surface area contributed by atoms with Crippen LogP contribution in [-0.4, -0.2) is 11.4 Å². The average molecular weight is 252 g/mol. The van der Waals surface area contributed by atoms with Gasteiger partial charge in [0.2, 0.25) is 0 Å². The fourth-order valence-electron chi connectivity index (χ4n) is 2.37. The van der Waals surface area contributed by atoms with Crippen LogP contribution < -0.4 is 5.32 Å². The molecule has 1 saturated carbocycles. The highest BCUT2D eigenvalue weighted by molar-refractivity contribution is 6.21. The summed E-state index contributed by atoms with van der Waals surface area (Å²) < 4.78 is 0. The molecule has 1 fully saturated rings. The Kier molecular flexibility index (Phi) is 3.51. The second-order valence-electron chi connectivity index (χ2n) is 5.88. The number of alkyl halides is 1. The van der Waals surface area contributed by atoms with Crippen molar-refractivity contribution in [3.8, 4) is 0 Å². The van der Waals surface area contributed by atoms with Crippen molar-refractivity contribution in [3.05, 3.63) is 34.9 Å². The fraction of sp³-hybridized carbons (Fsp3) is 0.600. The second-order valence-corrected chi connectivity index (χ2v) is 6.40. The molecule has 17 heavy (non-hydrogen) atoms. The highest BCUT2D eigenvalue weighted by atomic mass is 35.5. The van der Waals surface area contributed by atoms with Crippen LogP contribution in [0.4, 0.5) is 0 Å². The monoisotopic (exact) mass is 251 g/mol. The van der Waals surface area contributed by atoms with Gasteiger partial charge < -0.3 is 5.32 Å². The highest BCUT2D eigenvalue weighted by Gasteiger charge is 2.46. The minimum Gasteiger partial charge on any atom is -0.309 e. The van der Waals surface area contributed by atoms with E-state index in [1.807, 2.05) is 0 Å². The molecule has 2 rings (SSSR count). The van der Waals surface area contributed by atoms with E-state index in [-0.39, 0.29) is 5.41 Å². The Bertz CT molecular complexity index is 411. The summed E-state index contributed by atoms with van der Waals surface area (Å²) in [5.41, 5.74) is 4.31. The maximum absolute atomic E-state index is 6.22. The van der Waals surface area contributed by atoms with Crippen molar-refractivity contribution in [1.29, 1.82) is 0 Å². The molecule has 2 heteroatoms. The molecule has 0 aliphatic heterocycles. The SMILES string of the molecule is Cc1ccc(CNC2CC(Cl)C2(C)C)cc1C. The van der Waals surface area contributed by atoms with Crippen LogP contribution in [0, 0.1) is 19.3 Å². The van der Waals surface area contributed by atoms with Gasteiger partial charge in [0.05, 0.1) is 0 Å². The fourth-order valence-corrected chi connectivity index (χ4v) is 2.70. The summed E-state index contributed by atoms with van der Waals surface area (Å²) in [4.78, 5) is 0. The van der Waals surface area contributed by atoms with E-state index in [9.17, 15) is 0 Å². The van der Waals surface area contributed by atoms with Crippen LogP contribution in [0.5, 0.6) is 0 Å². The summed E-state index contributed by atoms with van der Waals surface area (Å²) in [7, 11) is 0. The smallest absolute Gasteiger partial charge is 0.0416 e. The van der Waals surface area contributed by atoms with Gasteiger partial charge in [-0.15, -0.1) is 11.6 Å². The van der Waals surface area contributed by atoms with Gasteiger partial charge in [-0.1, -0.05) is 32.0 Å². The summed E-state index contributed by atoms with van der Waals surface area (Å²) in [5.74, 6) is 0. The molecule has 1 N–H and O–H groups in total. The van der Waals surface area contributed by atoms with Gasteiger partial charge in [-0.25, -0.2) is 0 Å². The standard InChI is InChI=1S/C15H22ClN/c1-10-5-6-12(7-11(10)2)9-17-14-8-13(16)15(14,3)4/h5-7,13-14,17H,8-9H2,1-4H3. The zero-order chi connectivity index (χ0) is 12.6. The molecule has 0 amide bonds. The third-order valence-corrected chi connectivity index (χ3v) is 5.01. The molecule has 2 unspecified atom stereocenters. The Morgan fingerprint density at radius 3 is 2.53 bits per heavy atom. The van der Waals surface area contributed by atoms with E-state index in [0.29, 0.717) is 11.4 Å². The van der Waals surface area contributed by atoms with Gasteiger partial charge in [0.25, 0.3) is 0 Å². The first kappa shape index (κ1) is 12.9. The van der Waals surface area contributed by atoms with Crippen LogP contribution in [0.2, 0.25) is 0 Å². The number of aryl methyl sites for hydroxylation is 2. The molecule has 2 atom stereocenters. The Morgan fingerprint density at radius 2 is 2.00 bits per heavy atom. The number of rotatable bonds is 3. The molecule has 0 aromatic heterocycles. The largest absolute Gasteiger partial charge is 0.309 e. The summed E-state index contributed by atoms with van der Waals surface area (Å²) in [5, 5.41) is 3.94. The number of nitrogens with one attached hydrogen (secondary N) is 1. The van der Waals surface area contributed by atoms with Crippen molar-refractivity contribution in [1.82, 2.24) is 5.32 Å². The van der Waals surface area contributed by atoms with E-state index in [1.165, 1.54) is 16.7 Å². The molecule has 1 nitrogen and oxygen atoms in total. The molecule has 1 aliphatic carbocycles. The van der Waals surface area contributed by atoms with Gasteiger partial charge in [-0.2, -0.15) is 0 Å². The molecule has 0 bridgehead atoms. The Labute approximate surface area is 110 Å². The zero-order valence-electron chi connectivity index (χ0n) is 11.2. The third kappa shape index (κ3) is 2.51. The van der Waals surface area contributed by atoms with E-state index in [1.54, 1.807) is 0 Å². The third-order valence-electron chi connectivity index (χ3n) is 4.27. The van der Waals surface area contributed by atoms with E-state index >= 15 is 0 Å². The minimum atomic E-state index is 0.224. The normalized spacial score (nSPS) is 26.6. The maximum atomic E-state index is 6.22. The van der Waals surface area contributed by atoms with E-state index in [4.69, 9.17) is 11.6 Å². The van der Waals surface area contributed by atoms with Gasteiger partial charge in [0.15, 0.2) is 0 Å². The van der Waals surface area contributed by atoms with Gasteiger partial charge in [0, 0.05) is 18.0 Å². The zero-order valence-corrected chi connectivity index (χ0v) is 11.9. The molecular formula is C15H22ClN. The van der Waals surface area contributed by atoms with Crippen LogP contribution in [-0.2, 0) is 6.54 Å². The second kappa shape index (κ2) is 4.62. The van der Waals surface area contributed by atoms with Crippen molar-refractivity contribution in [2.75, 3.05) is 0 Å². The topological polar surface area (TPSA) is 12.0 Å². The van der Waals surface area contributed by atoms with Crippen LogP contribution in [0.1, 0.15) is 37.0 Å². The van der Waals surface area contributed by atoms with Crippen molar-refractivity contribution < 1.29 is 0 Å². The summed E-state index contributed by atoms with van der Waals surface area (Å²) in [6.07, 6.45) is 1.08. The lowest BCUT2D eigenvalue weighted by Crippen LogP contribution is -2.57. The molecule has 94 valence electrons. The molecule has 1 aliphatic rings. The number of benzene rings is 1. The average Bonchev–Trinajstić information content (AvgIpc) is 2.28. The Balaban J connectivity index is 1.93. The first-order chi connectivity index (χ1) is 7.91. The van der Waals surface area contributed by atoms with Crippen LogP contribution >= 0.6 is 11.6 Å². The molecule has 0 radical (unpaired) electrons. The molecule has 1 aromatic carbocycles. The van der Waals surface area contributed by atoms with E-state index < -0.39 is 0 Å². The summed E-state index contributed by atoms with van der Waals surface area (Å²) in [6.45, 7) is 9.75.